The van der Waals surface area contributed by atoms with E-state index in [1.54, 1.807) is 0 Å². The van der Waals surface area contributed by atoms with Crippen molar-refractivity contribution in [3.8, 4) is 0 Å². The number of hydrogen-bond acceptors (Lipinski definition) is 4. The molecular formula is C8H12CuN8Ni-8. The van der Waals surface area contributed by atoms with E-state index in [0.29, 0.717) is 0 Å². The summed E-state index contributed by atoms with van der Waals surface area (Å²) in [5.41, 5.74) is 25.1. The van der Waals surface area contributed by atoms with Gasteiger partial charge in [-0.25, -0.2) is 0 Å². The van der Waals surface area contributed by atoms with Crippen molar-refractivity contribution in [2.75, 3.05) is 26.2 Å². The summed E-state index contributed by atoms with van der Waals surface area (Å²) < 4.78 is 0. The monoisotopic (exact) mass is 341 g/mol. The molecule has 0 aromatic carbocycles. The Morgan fingerprint density at radius 2 is 0.556 bits per heavy atom. The quantitative estimate of drug-likeness (QED) is 0.550. The van der Waals surface area contributed by atoms with E-state index < -0.39 is 0 Å². The van der Waals surface area contributed by atoms with Crippen LogP contribution >= 0.6 is 0 Å². The van der Waals surface area contributed by atoms with Crippen LogP contribution in [0.25, 0.3) is 22.9 Å². The van der Waals surface area contributed by atoms with Crippen LogP contribution in [0.4, 0.5) is 0 Å². The van der Waals surface area contributed by atoms with Crippen LogP contribution in [0.1, 0.15) is 0 Å². The summed E-state index contributed by atoms with van der Waals surface area (Å²) in [6, 6.07) is 0. The van der Waals surface area contributed by atoms with Crippen molar-refractivity contribution in [3.63, 3.8) is 0 Å². The molecular weight excluding hydrogens is 330 g/mol. The van der Waals surface area contributed by atoms with Gasteiger partial charge in [-0.15, -0.1) is 0 Å². The maximum absolute atomic E-state index is 6.26. The van der Waals surface area contributed by atoms with Crippen LogP contribution in [-0.2, 0) is 33.6 Å². The van der Waals surface area contributed by atoms with E-state index in [9.17, 15) is 0 Å². The molecule has 0 saturated carbocycles. The predicted molar refractivity (Wildman–Crippen MR) is 56.6 cm³/mol. The average Bonchev–Trinajstić information content (AvgIpc) is 2.47. The first-order chi connectivity index (χ1) is 7.83. The Balaban J connectivity index is -0.0000000113. The van der Waals surface area contributed by atoms with Gasteiger partial charge in [-0.2, -0.15) is 26.2 Å². The van der Waals surface area contributed by atoms with E-state index >= 15 is 0 Å². The fourth-order valence-electron chi connectivity index (χ4n) is 0. The van der Waals surface area contributed by atoms with Gasteiger partial charge in [-0.05, 0) is 0 Å². The van der Waals surface area contributed by atoms with Crippen LogP contribution in [0.2, 0.25) is 0 Å². The first kappa shape index (κ1) is 54.1. The smallest absolute Gasteiger partial charge is 0 e. The first-order valence-electron chi connectivity index (χ1n) is 3.31. The van der Waals surface area contributed by atoms with E-state index in [-0.39, 0.29) is 59.7 Å². The minimum atomic E-state index is 0. The van der Waals surface area contributed by atoms with Gasteiger partial charge < -0.3 is 70.3 Å². The molecule has 0 heterocycles. The Hall–Kier alpha value is -1.19. The first-order valence-corrected chi connectivity index (χ1v) is 3.31. The molecule has 0 amide bonds. The fourth-order valence-corrected chi connectivity index (χ4v) is 0. The third-order valence-corrected chi connectivity index (χ3v) is 0.250. The van der Waals surface area contributed by atoms with Crippen molar-refractivity contribution in [3.05, 3.63) is 49.2 Å². The molecule has 4 N–H and O–H groups in total. The Morgan fingerprint density at radius 3 is 0.556 bits per heavy atom. The van der Waals surface area contributed by atoms with Crippen LogP contribution < -0.4 is 0 Å². The summed E-state index contributed by atoms with van der Waals surface area (Å²) in [5.74, 6) is 0. The maximum Gasteiger partial charge on any atom is 0 e. The topological polar surface area (TPSA) is 190 Å². The number of rotatable bonds is 2. The SMILES string of the molecule is [C-]#N.[C-]#N.[C-]#N.[C-]#N.[Cu].[NH-]CC[NH-].[NH-]CC[NH-].[Ni]. The Bertz CT molecular complexity index is 104. The standard InChI is InChI=1S/2C2H6N2.4CN.Cu.Ni/c2*3-1-2-4;4*1-2;;/h2*3-4H,1-2H2;;;;;;/q2*-2;4*-1;;. The van der Waals surface area contributed by atoms with Gasteiger partial charge in [0.2, 0.25) is 0 Å². The molecule has 1 radical (unpaired) electrons. The van der Waals surface area contributed by atoms with Crippen LogP contribution in [0.5, 0.6) is 0 Å². The van der Waals surface area contributed by atoms with Crippen molar-refractivity contribution in [1.82, 2.24) is 0 Å². The molecule has 0 aromatic heterocycles. The number of nitrogens with one attached hydrogen (secondary N) is 4. The van der Waals surface area contributed by atoms with Crippen LogP contribution in [0.15, 0.2) is 0 Å². The van der Waals surface area contributed by atoms with Gasteiger partial charge in [0.15, 0.2) is 0 Å². The predicted octanol–water partition coefficient (Wildman–Crippen LogP) is 2.56. The van der Waals surface area contributed by atoms with Gasteiger partial charge in [-0.1, -0.05) is 0 Å². The molecule has 0 aromatic rings. The normalized spacial score (nSPS) is 3.78. The Kier molecular flexibility index (Phi) is 1320. The van der Waals surface area contributed by atoms with Crippen molar-refractivity contribution in [2.24, 2.45) is 0 Å². The summed E-state index contributed by atoms with van der Waals surface area (Å²) in [7, 11) is 0. The molecule has 0 fully saturated rings. The van der Waals surface area contributed by atoms with Crippen LogP contribution in [0.3, 0.4) is 0 Å². The molecule has 0 aliphatic heterocycles. The summed E-state index contributed by atoms with van der Waals surface area (Å²) >= 11 is 0. The van der Waals surface area contributed by atoms with E-state index in [1.807, 2.05) is 0 Å². The van der Waals surface area contributed by atoms with Gasteiger partial charge in [-0.3, -0.25) is 0 Å². The Morgan fingerprint density at radius 1 is 0.500 bits per heavy atom. The molecule has 0 rings (SSSR count). The summed E-state index contributed by atoms with van der Waals surface area (Å²) in [4.78, 5) is 0. The number of hydrogen-bond donors (Lipinski definition) is 0. The third kappa shape index (κ3) is 4280. The second-order valence-electron chi connectivity index (χ2n) is 1.000. The van der Waals surface area contributed by atoms with Crippen molar-refractivity contribution >= 4 is 0 Å². The molecule has 0 bridgehead atoms. The van der Waals surface area contributed by atoms with Gasteiger partial charge in [0.25, 0.3) is 0 Å². The zero-order valence-corrected chi connectivity index (χ0v) is 11.2. The zero-order valence-electron chi connectivity index (χ0n) is 9.24. The molecule has 18 heavy (non-hydrogen) atoms. The van der Waals surface area contributed by atoms with E-state index in [2.05, 4.69) is 0 Å². The minimum absolute atomic E-state index is 0. The Labute approximate surface area is 130 Å². The van der Waals surface area contributed by atoms with Crippen LogP contribution in [-0.4, -0.2) is 26.2 Å². The second kappa shape index (κ2) is 438. The molecule has 0 unspecified atom stereocenters. The van der Waals surface area contributed by atoms with E-state index in [0.717, 1.165) is 0 Å². The van der Waals surface area contributed by atoms with E-state index in [4.69, 9.17) is 70.3 Å². The zero-order chi connectivity index (χ0) is 14.8. The largest absolute Gasteiger partial charge is 0.679 e. The molecule has 0 spiro atoms. The number of nitrogens with zero attached hydrogens (tertiary/aromatic N) is 4. The summed E-state index contributed by atoms with van der Waals surface area (Å²) in [6.45, 7) is 19.9. The molecule has 113 valence electrons. The molecule has 0 aliphatic rings. The van der Waals surface area contributed by atoms with E-state index in [1.165, 1.54) is 0 Å². The molecule has 0 atom stereocenters. The van der Waals surface area contributed by atoms with Crippen molar-refractivity contribution in [1.29, 1.82) is 21.0 Å². The van der Waals surface area contributed by atoms with Crippen molar-refractivity contribution < 1.29 is 33.6 Å². The maximum atomic E-state index is 6.26. The van der Waals surface area contributed by atoms with Gasteiger partial charge >= 0.3 is 0 Å². The minimum Gasteiger partial charge on any atom is -0.679 e. The van der Waals surface area contributed by atoms with Gasteiger partial charge in [0.1, 0.15) is 0 Å². The van der Waals surface area contributed by atoms with Crippen LogP contribution in [0, 0.1) is 47.3 Å². The fraction of sp³-hybridized carbons (Fsp3) is 0.500. The van der Waals surface area contributed by atoms with Gasteiger partial charge in [0, 0.05) is 33.6 Å². The van der Waals surface area contributed by atoms with Crippen molar-refractivity contribution in [2.45, 2.75) is 0 Å². The molecule has 0 saturated heterocycles. The second-order valence-corrected chi connectivity index (χ2v) is 1.000. The third-order valence-electron chi connectivity index (χ3n) is 0.250. The summed E-state index contributed by atoms with van der Waals surface area (Å²) in [6.07, 6.45) is 0. The average molecular weight is 342 g/mol. The summed E-state index contributed by atoms with van der Waals surface area (Å²) in [5, 5.41) is 25.0. The molecule has 10 heteroatoms. The molecule has 8 nitrogen and oxygen atoms in total. The molecule has 0 aliphatic carbocycles. The van der Waals surface area contributed by atoms with Gasteiger partial charge in [0.05, 0.1) is 0 Å².